The van der Waals surface area contributed by atoms with Crippen molar-refractivity contribution < 1.29 is 19.0 Å². The van der Waals surface area contributed by atoms with Crippen molar-refractivity contribution in [3.63, 3.8) is 0 Å². The molecule has 3 atom stereocenters. The Bertz CT molecular complexity index is 6920. The number of rotatable bonds is 29. The number of aliphatic hydroxyl groups is 2. The lowest BCUT2D eigenvalue weighted by Crippen LogP contribution is -2.47. The van der Waals surface area contributed by atoms with Crippen molar-refractivity contribution in [2.75, 3.05) is 180 Å². The molecule has 39 nitrogen and oxygen atoms in total. The number of piperidine rings is 1. The van der Waals surface area contributed by atoms with E-state index in [9.17, 15) is 19.0 Å². The molecule has 6 aliphatic heterocycles. The maximum Gasteiger partial charge on any atom is 0.232 e. The van der Waals surface area contributed by atoms with Crippen LogP contribution < -0.4 is 65.8 Å². The number of halogens is 2. The highest BCUT2D eigenvalue weighted by atomic mass is 32.2. The minimum atomic E-state index is -0.485. The average molecular weight is 2030 g/mol. The van der Waals surface area contributed by atoms with Gasteiger partial charge < -0.3 is 76.0 Å². The van der Waals surface area contributed by atoms with Gasteiger partial charge in [0.25, 0.3) is 0 Å². The summed E-state index contributed by atoms with van der Waals surface area (Å²) in [5.74, 6) is 7.77. The largest absolute Gasteiger partial charge is 0.391 e. The molecule has 0 spiro atoms. The second-order valence-corrected chi connectivity index (χ2v) is 39.6. The molecule has 6 aliphatic rings. The molecule has 0 aliphatic carbocycles. The summed E-state index contributed by atoms with van der Waals surface area (Å²) in [6, 6.07) is 49.3. The summed E-state index contributed by atoms with van der Waals surface area (Å²) in [4.78, 5) is 110. The van der Waals surface area contributed by atoms with Crippen molar-refractivity contribution in [2.24, 2.45) is 0 Å². The van der Waals surface area contributed by atoms with Gasteiger partial charge in [0, 0.05) is 236 Å². The van der Waals surface area contributed by atoms with Crippen LogP contribution in [0.25, 0.3) is 0 Å². The number of piperazine rings is 4. The van der Waals surface area contributed by atoms with Gasteiger partial charge in [0.15, 0.2) is 0 Å². The third kappa shape index (κ3) is 27.9. The molecule has 0 amide bonds. The molecule has 0 bridgehead atoms. The minimum Gasteiger partial charge on any atom is -0.391 e. The van der Waals surface area contributed by atoms with E-state index < -0.39 is 12.2 Å². The second-order valence-electron chi connectivity index (χ2n) is 37.4. The first kappa shape index (κ1) is 101. The van der Waals surface area contributed by atoms with Crippen LogP contribution in [0.2, 0.25) is 0 Å². The van der Waals surface area contributed by atoms with Crippen molar-refractivity contribution in [1.29, 1.82) is 0 Å². The molecule has 1 unspecified atom stereocenters. The van der Waals surface area contributed by atoms with Crippen molar-refractivity contribution in [3.8, 4) is 0 Å². The first-order valence-corrected chi connectivity index (χ1v) is 51.3. The molecule has 760 valence electrons. The number of benzene rings is 6. The molecule has 7 N–H and O–H groups in total. The number of nitrogens with zero attached hydrogens (tertiary/aromatic N) is 32. The number of aromatic nitrogens is 24. The fourth-order valence-corrected chi connectivity index (χ4v) is 19.6. The fourth-order valence-electron chi connectivity index (χ4n) is 18.0. The maximum atomic E-state index is 13.9. The van der Waals surface area contributed by atoms with E-state index in [2.05, 4.69) is 271 Å². The first-order valence-electron chi connectivity index (χ1n) is 49.7. The van der Waals surface area contributed by atoms with E-state index in [1.54, 1.807) is 116 Å². The third-order valence-corrected chi connectivity index (χ3v) is 27.6. The number of hydrogen-bond acceptors (Lipinski definition) is 39. The average Bonchev–Trinajstić information content (AvgIpc) is 0.814. The number of anilines is 14. The lowest BCUT2D eigenvalue weighted by Gasteiger charge is -2.34. The Hall–Kier alpha value is -15.7. The van der Waals surface area contributed by atoms with Crippen LogP contribution in [0.5, 0.6) is 0 Å². The van der Waals surface area contributed by atoms with E-state index in [0.29, 0.717) is 117 Å². The van der Waals surface area contributed by atoms with Crippen molar-refractivity contribution in [2.45, 2.75) is 123 Å². The molecule has 22 rings (SSSR count). The van der Waals surface area contributed by atoms with Gasteiger partial charge in [0.05, 0.1) is 49.1 Å². The van der Waals surface area contributed by atoms with Crippen LogP contribution in [0.3, 0.4) is 0 Å². The highest BCUT2D eigenvalue weighted by molar-refractivity contribution is 7.99. The van der Waals surface area contributed by atoms with E-state index >= 15 is 0 Å². The Morgan fingerprint density at radius 3 is 1.26 bits per heavy atom. The van der Waals surface area contributed by atoms with Gasteiger partial charge in [-0.2, -0.15) is 30.1 Å². The summed E-state index contributed by atoms with van der Waals surface area (Å²) in [7, 11) is 0. The van der Waals surface area contributed by atoms with Gasteiger partial charge in [-0.15, -0.1) is 0 Å². The van der Waals surface area contributed by atoms with Crippen LogP contribution in [0.4, 0.5) is 91.3 Å². The molecule has 16 heterocycles. The van der Waals surface area contributed by atoms with Gasteiger partial charge in [0.1, 0.15) is 42.8 Å². The summed E-state index contributed by atoms with van der Waals surface area (Å²) in [5.41, 5.74) is 12.7. The van der Waals surface area contributed by atoms with E-state index in [0.717, 1.165) is 171 Å². The van der Waals surface area contributed by atoms with E-state index in [1.807, 2.05) is 36.9 Å². The normalized spacial score (nSPS) is 16.0. The number of fused-ring (bicyclic) bond motifs is 1. The molecule has 6 aromatic carbocycles. The minimum absolute atomic E-state index is 0.129. The van der Waals surface area contributed by atoms with Gasteiger partial charge in [-0.1, -0.05) is 140 Å². The Morgan fingerprint density at radius 1 is 0.385 bits per heavy atom. The third-order valence-electron chi connectivity index (χ3n) is 25.6. The second kappa shape index (κ2) is 49.0. The zero-order valence-corrected chi connectivity index (χ0v) is 84.4. The smallest absolute Gasteiger partial charge is 0.232 e. The molecule has 0 saturated carbocycles. The van der Waals surface area contributed by atoms with Crippen molar-refractivity contribution >= 4 is 106 Å². The highest BCUT2D eigenvalue weighted by Gasteiger charge is 2.31. The zero-order chi connectivity index (χ0) is 101. The molecular formula is C105H117F2N37O2S2. The topological polar surface area (TPSA) is 420 Å². The van der Waals surface area contributed by atoms with Crippen LogP contribution in [-0.4, -0.2) is 266 Å². The summed E-state index contributed by atoms with van der Waals surface area (Å²) in [6.07, 6.45) is 31.8. The molecule has 16 aromatic rings. The van der Waals surface area contributed by atoms with Crippen LogP contribution >= 0.6 is 23.5 Å². The summed E-state index contributed by atoms with van der Waals surface area (Å²) in [6.45, 7) is 25.0. The fraction of sp³-hybridized carbons (Fsp3) is 0.333. The van der Waals surface area contributed by atoms with Crippen LogP contribution in [0.15, 0.2) is 271 Å². The predicted molar refractivity (Wildman–Crippen MR) is 568 cm³/mol. The van der Waals surface area contributed by atoms with Crippen LogP contribution in [0, 0.1) is 11.6 Å². The molecule has 10 aromatic heterocycles. The Labute approximate surface area is 865 Å². The summed E-state index contributed by atoms with van der Waals surface area (Å²) in [5, 5.41) is 44.1. The molecule has 5 fully saturated rings. The van der Waals surface area contributed by atoms with Crippen LogP contribution in [0.1, 0.15) is 96.8 Å². The number of aliphatic hydroxyl groups excluding tert-OH is 2. The lowest BCUT2D eigenvalue weighted by atomic mass is 9.79. The van der Waals surface area contributed by atoms with Crippen molar-refractivity contribution in [3.05, 3.63) is 313 Å². The quantitative estimate of drug-likeness (QED) is 0.0229. The molecule has 148 heavy (non-hydrogen) atoms. The number of hydrogen-bond donors (Lipinski definition) is 7. The van der Waals surface area contributed by atoms with Gasteiger partial charge >= 0.3 is 0 Å². The monoisotopic (exact) mass is 2030 g/mol. The summed E-state index contributed by atoms with van der Waals surface area (Å²) >= 11 is 2.79. The Balaban J connectivity index is 0.000000124. The maximum absolute atomic E-state index is 13.9. The standard InChI is InChI=1S/C30H34N8.C29H33N9.2C23H25FN10OS/c1-2-6-23(7-3-1)16-25-19-32-29(33-20-25)37-12-14-38(15-13-37)30-35-22-34-28(36-30)18-24-8-4-9-26(17-24)27-10-5-11-31-21-27;1-29(2)19-30-18-23-15-24(8-9-25(23)29)35-26-33-20-34-28(36-26)38-12-10-37(11-13-38)27-31-16-22(17-32-27)14-21-6-4-3-5-7-21;1-16(35)13-34-14-18(10-29-34)30-21-27-15-28-23(31-21)33-8-6-32(7-9-33)22-25-11-20(12-26-22)36-19-4-2-17(24)3-5-19;1-16(35)13-34-14-17(10-29-34)30-21-27-15-28-23(31-21)33-8-6-32(7-9-33)22-25-11-18(12-26-22)36-20-5-3-2-4-19(20)24/h1-4,6-9,17,19-20,22,27,31H,5,10-16,18,21H2;3-9,15-17,20,30H,10-14,18-19H2,1-2H3,(H,33,34,35,36);2*2-5,10-12,14-16,35H,6-9,13H2,1H3,(H,27,28,30,31)/t;;2*16-/m..00/s1. The SMILES string of the molecule is CC1(C)CNCc2cc(Nc3ncnc(N4CCN(c5ncc(Cc6ccccc6)cn5)CC4)n3)ccc21.C[C@H](O)Cn1cc(Nc2ncnc(N3CCN(c4ncc(Sc5ccc(F)cc5)cn4)CC3)n2)cn1.C[C@H](O)Cn1cc(Nc2ncnc(N3CCN(c4ncc(Sc5ccccc5F)cn4)CC3)n2)cn1.c1ccc(Cc2cnc(N3CCN(c4ncnc(Cc5cccc(C6CCCNC6)c5)n4)CC3)nc2)cc1. The van der Waals surface area contributed by atoms with Gasteiger partial charge in [0.2, 0.25) is 65.4 Å². The van der Waals surface area contributed by atoms with Gasteiger partial charge in [-0.25, -0.2) is 88.5 Å². The zero-order valence-electron chi connectivity index (χ0n) is 82.8. The molecule has 43 heteroatoms. The van der Waals surface area contributed by atoms with E-state index in [-0.39, 0.29) is 17.0 Å². The molecule has 0 radical (unpaired) electrons. The molecular weight excluding hydrogens is 1910 g/mol. The van der Waals surface area contributed by atoms with E-state index in [4.69, 9.17) is 9.97 Å². The molecule has 5 saturated heterocycles. The predicted octanol–water partition coefficient (Wildman–Crippen LogP) is 12.5. The lowest BCUT2D eigenvalue weighted by molar-refractivity contribution is 0.168. The summed E-state index contributed by atoms with van der Waals surface area (Å²) < 4.78 is 30.3. The van der Waals surface area contributed by atoms with Crippen LogP contribution in [-0.2, 0) is 44.3 Å². The van der Waals surface area contributed by atoms with Gasteiger partial charge in [-0.3, -0.25) is 9.36 Å². The first-order chi connectivity index (χ1) is 72.4. The highest BCUT2D eigenvalue weighted by Crippen LogP contribution is 2.36. The van der Waals surface area contributed by atoms with E-state index in [1.165, 1.54) is 101 Å². The number of nitrogens with one attached hydrogen (secondary N) is 5. The Morgan fingerprint density at radius 2 is 0.804 bits per heavy atom. The van der Waals surface area contributed by atoms with Gasteiger partial charge in [-0.05, 0) is 132 Å². The van der Waals surface area contributed by atoms with Crippen molar-refractivity contribution in [1.82, 2.24) is 130 Å². The Kier molecular flexibility index (Phi) is 33.4.